The van der Waals surface area contributed by atoms with E-state index in [2.05, 4.69) is 26.2 Å². The predicted octanol–water partition coefficient (Wildman–Crippen LogP) is 3.43. The summed E-state index contributed by atoms with van der Waals surface area (Å²) < 4.78 is 27.3. The second kappa shape index (κ2) is 5.54. The molecular weight excluding hydrogens is 302 g/mol. The fraction of sp³-hybridized carbons (Fsp3) is 0.154. The molecule has 1 atom stereocenters. The summed E-state index contributed by atoms with van der Waals surface area (Å²) in [7, 11) is 1.72. The van der Waals surface area contributed by atoms with Crippen LogP contribution in [0.3, 0.4) is 0 Å². The lowest BCUT2D eigenvalue weighted by Gasteiger charge is -2.17. The molecule has 1 unspecified atom stereocenters. The minimum atomic E-state index is -0.600. The first-order valence-electron chi connectivity index (χ1n) is 5.35. The molecule has 1 aromatic heterocycles. The van der Waals surface area contributed by atoms with E-state index in [9.17, 15) is 8.78 Å². The molecule has 0 radical (unpaired) electrons. The van der Waals surface area contributed by atoms with Crippen molar-refractivity contribution >= 4 is 15.9 Å². The van der Waals surface area contributed by atoms with Gasteiger partial charge in [0.1, 0.15) is 11.6 Å². The zero-order chi connectivity index (χ0) is 13.1. The average Bonchev–Trinajstić information content (AvgIpc) is 2.31. The number of halogens is 3. The van der Waals surface area contributed by atoms with Crippen LogP contribution in [0.25, 0.3) is 0 Å². The van der Waals surface area contributed by atoms with Gasteiger partial charge in [-0.15, -0.1) is 0 Å². The summed E-state index contributed by atoms with van der Waals surface area (Å²) >= 11 is 3.38. The van der Waals surface area contributed by atoms with E-state index >= 15 is 0 Å². The van der Waals surface area contributed by atoms with Crippen LogP contribution in [0.2, 0.25) is 0 Å². The molecule has 0 saturated heterocycles. The highest BCUT2D eigenvalue weighted by Gasteiger charge is 2.17. The second-order valence-corrected chi connectivity index (χ2v) is 4.65. The molecule has 0 bridgehead atoms. The van der Waals surface area contributed by atoms with E-state index in [1.165, 1.54) is 12.1 Å². The van der Waals surface area contributed by atoms with Gasteiger partial charge in [-0.3, -0.25) is 4.98 Å². The zero-order valence-corrected chi connectivity index (χ0v) is 11.2. The molecule has 5 heteroatoms. The molecule has 0 spiro atoms. The summed E-state index contributed by atoms with van der Waals surface area (Å²) in [4.78, 5) is 4.23. The van der Waals surface area contributed by atoms with Crippen molar-refractivity contribution in [1.29, 1.82) is 0 Å². The van der Waals surface area contributed by atoms with Crippen molar-refractivity contribution in [1.82, 2.24) is 10.3 Å². The van der Waals surface area contributed by atoms with Crippen LogP contribution in [-0.4, -0.2) is 12.0 Å². The second-order valence-electron chi connectivity index (χ2n) is 3.79. The Hall–Kier alpha value is -1.33. The molecule has 0 saturated carbocycles. The molecule has 0 aliphatic heterocycles. The van der Waals surface area contributed by atoms with Crippen LogP contribution in [0, 0.1) is 11.6 Å². The summed E-state index contributed by atoms with van der Waals surface area (Å²) in [5.41, 5.74) is 1.18. The average molecular weight is 313 g/mol. The minimum Gasteiger partial charge on any atom is -0.308 e. The van der Waals surface area contributed by atoms with E-state index in [1.54, 1.807) is 19.3 Å². The molecule has 18 heavy (non-hydrogen) atoms. The van der Waals surface area contributed by atoms with Gasteiger partial charge in [0.15, 0.2) is 0 Å². The Morgan fingerprint density at radius 1 is 1.22 bits per heavy atom. The Labute approximate surface area is 112 Å². The highest BCUT2D eigenvalue weighted by Crippen LogP contribution is 2.27. The lowest BCUT2D eigenvalue weighted by molar-refractivity contribution is 0.569. The molecule has 2 nitrogen and oxygen atoms in total. The fourth-order valence-corrected chi connectivity index (χ4v) is 2.30. The highest BCUT2D eigenvalue weighted by molar-refractivity contribution is 9.10. The third-order valence-corrected chi connectivity index (χ3v) is 3.24. The first kappa shape index (κ1) is 13.1. The largest absolute Gasteiger partial charge is 0.308 e. The fourth-order valence-electron chi connectivity index (χ4n) is 1.81. The van der Waals surface area contributed by atoms with Crippen molar-refractivity contribution < 1.29 is 8.78 Å². The van der Waals surface area contributed by atoms with Gasteiger partial charge >= 0.3 is 0 Å². The summed E-state index contributed by atoms with van der Waals surface area (Å²) in [5.74, 6) is -1.20. The Morgan fingerprint density at radius 3 is 2.44 bits per heavy atom. The van der Waals surface area contributed by atoms with Gasteiger partial charge in [-0.1, -0.05) is 0 Å². The number of aromatic nitrogens is 1. The summed E-state index contributed by atoms with van der Waals surface area (Å²) in [6, 6.07) is 6.70. The monoisotopic (exact) mass is 312 g/mol. The maximum Gasteiger partial charge on any atom is 0.126 e. The number of rotatable bonds is 3. The number of hydrogen-bond acceptors (Lipinski definition) is 2. The molecule has 0 fully saturated rings. The third kappa shape index (κ3) is 2.73. The molecule has 1 N–H and O–H groups in total. The minimum absolute atomic E-state index is 0.370. The lowest BCUT2D eigenvalue weighted by Crippen LogP contribution is -2.19. The maximum absolute atomic E-state index is 13.2. The summed E-state index contributed by atoms with van der Waals surface area (Å²) in [5, 5.41) is 3.00. The molecule has 0 aliphatic rings. The topological polar surface area (TPSA) is 24.9 Å². The molecule has 0 aliphatic carbocycles. The Bertz CT molecular complexity index is 540. The predicted molar refractivity (Wildman–Crippen MR) is 69.2 cm³/mol. The first-order valence-corrected chi connectivity index (χ1v) is 6.15. The van der Waals surface area contributed by atoms with Crippen LogP contribution >= 0.6 is 15.9 Å². The Kier molecular flexibility index (Phi) is 4.04. The van der Waals surface area contributed by atoms with E-state index in [1.807, 2.05) is 6.07 Å². The standard InChI is InChI=1S/C13H11BrF2N2/c1-17-12(13-11(14)3-2-4-18-13)8-5-9(15)7-10(16)6-8/h2-7,12,17H,1H3. The quantitative estimate of drug-likeness (QED) is 0.939. The van der Waals surface area contributed by atoms with Crippen LogP contribution in [0.4, 0.5) is 8.78 Å². The van der Waals surface area contributed by atoms with Crippen LogP contribution in [0.15, 0.2) is 41.0 Å². The Balaban J connectivity index is 2.48. The van der Waals surface area contributed by atoms with E-state index in [4.69, 9.17) is 0 Å². The van der Waals surface area contributed by atoms with Gasteiger partial charge in [0.2, 0.25) is 0 Å². The molecule has 2 rings (SSSR count). The Morgan fingerprint density at radius 2 is 1.89 bits per heavy atom. The maximum atomic E-state index is 13.2. The SMILES string of the molecule is CNC(c1cc(F)cc(F)c1)c1ncccc1Br. The molecule has 2 aromatic rings. The van der Waals surface area contributed by atoms with Crippen LogP contribution < -0.4 is 5.32 Å². The third-order valence-electron chi connectivity index (χ3n) is 2.57. The first-order chi connectivity index (χ1) is 8.61. The van der Waals surface area contributed by atoms with Gasteiger partial charge in [0.25, 0.3) is 0 Å². The van der Waals surface area contributed by atoms with Gasteiger partial charge in [-0.05, 0) is 52.8 Å². The number of nitrogens with zero attached hydrogens (tertiary/aromatic N) is 1. The van der Waals surface area contributed by atoms with Crippen molar-refractivity contribution in [2.75, 3.05) is 7.05 Å². The van der Waals surface area contributed by atoms with Gasteiger partial charge in [0.05, 0.1) is 11.7 Å². The highest BCUT2D eigenvalue weighted by atomic mass is 79.9. The van der Waals surface area contributed by atoms with Crippen LogP contribution in [0.5, 0.6) is 0 Å². The van der Waals surface area contributed by atoms with Crippen molar-refractivity contribution in [2.45, 2.75) is 6.04 Å². The van der Waals surface area contributed by atoms with Crippen molar-refractivity contribution in [2.24, 2.45) is 0 Å². The molecular formula is C13H11BrF2N2. The van der Waals surface area contributed by atoms with Gasteiger partial charge in [-0.2, -0.15) is 0 Å². The van der Waals surface area contributed by atoms with Gasteiger partial charge in [-0.25, -0.2) is 8.78 Å². The smallest absolute Gasteiger partial charge is 0.126 e. The molecule has 1 heterocycles. The molecule has 94 valence electrons. The van der Waals surface area contributed by atoms with Crippen LogP contribution in [-0.2, 0) is 0 Å². The normalized spacial score (nSPS) is 12.4. The summed E-state index contributed by atoms with van der Waals surface area (Å²) in [6.07, 6.45) is 1.64. The van der Waals surface area contributed by atoms with Crippen molar-refractivity contribution in [3.8, 4) is 0 Å². The van der Waals surface area contributed by atoms with Crippen LogP contribution in [0.1, 0.15) is 17.3 Å². The molecule has 1 aromatic carbocycles. The van der Waals surface area contributed by atoms with E-state index in [-0.39, 0.29) is 6.04 Å². The van der Waals surface area contributed by atoms with E-state index < -0.39 is 11.6 Å². The number of pyridine rings is 1. The zero-order valence-electron chi connectivity index (χ0n) is 9.62. The van der Waals surface area contributed by atoms with Gasteiger partial charge < -0.3 is 5.32 Å². The number of nitrogens with one attached hydrogen (secondary N) is 1. The van der Waals surface area contributed by atoms with E-state index in [0.717, 1.165) is 10.5 Å². The van der Waals surface area contributed by atoms with Gasteiger partial charge in [0, 0.05) is 16.7 Å². The lowest BCUT2D eigenvalue weighted by atomic mass is 10.0. The molecule has 0 amide bonds. The van der Waals surface area contributed by atoms with Crippen molar-refractivity contribution in [3.63, 3.8) is 0 Å². The number of hydrogen-bond donors (Lipinski definition) is 1. The van der Waals surface area contributed by atoms with E-state index in [0.29, 0.717) is 11.3 Å². The van der Waals surface area contributed by atoms with Crippen molar-refractivity contribution in [3.05, 3.63) is 63.9 Å². The summed E-state index contributed by atoms with van der Waals surface area (Å²) in [6.45, 7) is 0. The number of benzene rings is 1.